The summed E-state index contributed by atoms with van der Waals surface area (Å²) >= 11 is 1.76. The quantitative estimate of drug-likeness (QED) is 0.938. The standard InChI is InChI=1S/C15H20N4S/c1-11-14(20-10-18-11)9-19-7-3-4-13(19)12-5-6-17-15(8-12)16-2/h5-6,8,10,13H,3-4,7,9H2,1-2H3,(H,16,17)/t13-/m1/s1. The van der Waals surface area contributed by atoms with Crippen molar-refractivity contribution >= 4 is 17.2 Å². The number of pyridine rings is 1. The molecular weight excluding hydrogens is 268 g/mol. The number of nitrogens with one attached hydrogen (secondary N) is 1. The van der Waals surface area contributed by atoms with Crippen molar-refractivity contribution in [2.75, 3.05) is 18.9 Å². The summed E-state index contributed by atoms with van der Waals surface area (Å²) in [6.07, 6.45) is 4.39. The molecule has 0 spiro atoms. The van der Waals surface area contributed by atoms with Crippen LogP contribution in [0, 0.1) is 6.92 Å². The molecule has 1 fully saturated rings. The summed E-state index contributed by atoms with van der Waals surface area (Å²) in [7, 11) is 1.92. The molecule has 5 heteroatoms. The van der Waals surface area contributed by atoms with Crippen molar-refractivity contribution in [3.63, 3.8) is 0 Å². The maximum atomic E-state index is 4.36. The summed E-state index contributed by atoms with van der Waals surface area (Å²) in [5.41, 5.74) is 4.48. The Morgan fingerprint density at radius 1 is 1.45 bits per heavy atom. The molecule has 0 unspecified atom stereocenters. The minimum absolute atomic E-state index is 0.506. The summed E-state index contributed by atoms with van der Waals surface area (Å²) in [5, 5.41) is 3.12. The predicted molar refractivity (Wildman–Crippen MR) is 83.0 cm³/mol. The maximum absolute atomic E-state index is 4.36. The van der Waals surface area contributed by atoms with Gasteiger partial charge in [-0.1, -0.05) is 0 Å². The molecule has 0 radical (unpaired) electrons. The van der Waals surface area contributed by atoms with Crippen LogP contribution >= 0.6 is 11.3 Å². The fraction of sp³-hybridized carbons (Fsp3) is 0.467. The number of likely N-dealkylation sites (tertiary alicyclic amines) is 1. The number of thiazole rings is 1. The van der Waals surface area contributed by atoms with Crippen LogP contribution in [0.2, 0.25) is 0 Å². The van der Waals surface area contributed by atoms with Gasteiger partial charge >= 0.3 is 0 Å². The Labute approximate surface area is 123 Å². The molecule has 20 heavy (non-hydrogen) atoms. The molecule has 2 aromatic rings. The lowest BCUT2D eigenvalue weighted by molar-refractivity contribution is 0.250. The van der Waals surface area contributed by atoms with Crippen LogP contribution in [0.1, 0.15) is 35.0 Å². The fourth-order valence-electron chi connectivity index (χ4n) is 2.85. The Morgan fingerprint density at radius 2 is 2.35 bits per heavy atom. The summed E-state index contributed by atoms with van der Waals surface area (Å²) in [6, 6.07) is 4.82. The zero-order valence-corrected chi connectivity index (χ0v) is 12.8. The molecule has 1 atom stereocenters. The molecule has 2 aromatic heterocycles. The Morgan fingerprint density at radius 3 is 3.10 bits per heavy atom. The third-order valence-electron chi connectivity index (χ3n) is 3.98. The van der Waals surface area contributed by atoms with Gasteiger partial charge in [0.2, 0.25) is 0 Å². The van der Waals surface area contributed by atoms with E-state index in [1.54, 1.807) is 11.3 Å². The van der Waals surface area contributed by atoms with Crippen LogP contribution in [0.4, 0.5) is 5.82 Å². The lowest BCUT2D eigenvalue weighted by Gasteiger charge is -2.24. The van der Waals surface area contributed by atoms with Gasteiger partial charge in [0.05, 0.1) is 11.2 Å². The van der Waals surface area contributed by atoms with E-state index in [2.05, 4.69) is 39.2 Å². The highest BCUT2D eigenvalue weighted by Gasteiger charge is 2.27. The maximum Gasteiger partial charge on any atom is 0.125 e. The molecule has 1 N–H and O–H groups in total. The van der Waals surface area contributed by atoms with Crippen molar-refractivity contribution in [2.24, 2.45) is 0 Å². The number of nitrogens with zero attached hydrogens (tertiary/aromatic N) is 3. The third-order valence-corrected chi connectivity index (χ3v) is 4.90. The number of aryl methyl sites for hydroxylation is 1. The Kier molecular flexibility index (Phi) is 3.98. The van der Waals surface area contributed by atoms with Crippen molar-refractivity contribution < 1.29 is 0 Å². The molecule has 0 bridgehead atoms. The van der Waals surface area contributed by atoms with Crippen LogP contribution in [0.25, 0.3) is 0 Å². The van der Waals surface area contributed by atoms with Gasteiger partial charge in [0.15, 0.2) is 0 Å². The molecular formula is C15H20N4S. The summed E-state index contributed by atoms with van der Waals surface area (Å²) in [5.74, 6) is 0.948. The van der Waals surface area contributed by atoms with Gasteiger partial charge in [0, 0.05) is 30.7 Å². The highest BCUT2D eigenvalue weighted by Crippen LogP contribution is 2.34. The summed E-state index contributed by atoms with van der Waals surface area (Å²) in [6.45, 7) is 4.28. The summed E-state index contributed by atoms with van der Waals surface area (Å²) in [4.78, 5) is 12.6. The van der Waals surface area contributed by atoms with Crippen molar-refractivity contribution in [2.45, 2.75) is 32.4 Å². The van der Waals surface area contributed by atoms with Crippen molar-refractivity contribution in [1.29, 1.82) is 0 Å². The SMILES string of the molecule is CNc1cc([C@H]2CCCN2Cc2scnc2C)ccn1. The zero-order valence-electron chi connectivity index (χ0n) is 12.0. The molecule has 0 saturated carbocycles. The second-order valence-electron chi connectivity index (χ2n) is 5.21. The van der Waals surface area contributed by atoms with Crippen LogP contribution in [-0.2, 0) is 6.54 Å². The van der Waals surface area contributed by atoms with E-state index in [1.807, 2.05) is 18.8 Å². The van der Waals surface area contributed by atoms with E-state index < -0.39 is 0 Å². The van der Waals surface area contributed by atoms with E-state index in [0.717, 1.165) is 12.4 Å². The number of hydrogen-bond acceptors (Lipinski definition) is 5. The number of hydrogen-bond donors (Lipinski definition) is 1. The highest BCUT2D eigenvalue weighted by molar-refractivity contribution is 7.09. The minimum atomic E-state index is 0.506. The van der Waals surface area contributed by atoms with Gasteiger partial charge in [-0.2, -0.15) is 0 Å². The van der Waals surface area contributed by atoms with Crippen LogP contribution in [0.15, 0.2) is 23.8 Å². The van der Waals surface area contributed by atoms with Crippen LogP contribution < -0.4 is 5.32 Å². The monoisotopic (exact) mass is 288 g/mol. The molecule has 0 amide bonds. The van der Waals surface area contributed by atoms with Gasteiger partial charge < -0.3 is 5.32 Å². The molecule has 1 aliphatic rings. The molecule has 3 heterocycles. The van der Waals surface area contributed by atoms with E-state index in [-0.39, 0.29) is 0 Å². The van der Waals surface area contributed by atoms with Gasteiger partial charge in [0.1, 0.15) is 5.82 Å². The minimum Gasteiger partial charge on any atom is -0.373 e. The molecule has 0 aromatic carbocycles. The molecule has 1 aliphatic heterocycles. The Bertz CT molecular complexity index is 581. The van der Waals surface area contributed by atoms with Gasteiger partial charge in [-0.3, -0.25) is 4.90 Å². The molecule has 0 aliphatic carbocycles. The predicted octanol–water partition coefficient (Wildman–Crippen LogP) is 3.23. The second-order valence-corrected chi connectivity index (χ2v) is 6.15. The van der Waals surface area contributed by atoms with Crippen LogP contribution in [0.5, 0.6) is 0 Å². The molecule has 4 nitrogen and oxygen atoms in total. The highest BCUT2D eigenvalue weighted by atomic mass is 32.1. The Hall–Kier alpha value is -1.46. The normalized spacial score (nSPS) is 19.4. The summed E-state index contributed by atoms with van der Waals surface area (Å²) < 4.78 is 0. The second kappa shape index (κ2) is 5.89. The Balaban J connectivity index is 1.79. The number of aromatic nitrogens is 2. The van der Waals surface area contributed by atoms with E-state index >= 15 is 0 Å². The van der Waals surface area contributed by atoms with Crippen molar-refractivity contribution in [3.05, 3.63) is 40.0 Å². The van der Waals surface area contributed by atoms with Gasteiger partial charge in [-0.05, 0) is 44.0 Å². The van der Waals surface area contributed by atoms with Crippen LogP contribution in [-0.4, -0.2) is 28.5 Å². The van der Waals surface area contributed by atoms with Gasteiger partial charge in [-0.15, -0.1) is 11.3 Å². The van der Waals surface area contributed by atoms with Gasteiger partial charge in [0.25, 0.3) is 0 Å². The molecule has 3 rings (SSSR count). The lowest BCUT2D eigenvalue weighted by atomic mass is 10.1. The van der Waals surface area contributed by atoms with Crippen molar-refractivity contribution in [3.8, 4) is 0 Å². The van der Waals surface area contributed by atoms with Crippen LogP contribution in [0.3, 0.4) is 0 Å². The molecule has 106 valence electrons. The number of rotatable bonds is 4. The van der Waals surface area contributed by atoms with E-state index in [1.165, 1.54) is 35.5 Å². The fourth-order valence-corrected chi connectivity index (χ4v) is 3.65. The topological polar surface area (TPSA) is 41.0 Å². The number of anilines is 1. The third kappa shape index (κ3) is 2.69. The van der Waals surface area contributed by atoms with E-state index in [0.29, 0.717) is 6.04 Å². The van der Waals surface area contributed by atoms with Crippen molar-refractivity contribution in [1.82, 2.24) is 14.9 Å². The average Bonchev–Trinajstić information content (AvgIpc) is 3.09. The van der Waals surface area contributed by atoms with Gasteiger partial charge in [-0.25, -0.2) is 9.97 Å². The van der Waals surface area contributed by atoms with E-state index in [4.69, 9.17) is 0 Å². The largest absolute Gasteiger partial charge is 0.373 e. The first-order chi connectivity index (χ1) is 9.78. The first-order valence-electron chi connectivity index (χ1n) is 7.04. The lowest BCUT2D eigenvalue weighted by Crippen LogP contribution is -2.22. The smallest absolute Gasteiger partial charge is 0.125 e. The zero-order chi connectivity index (χ0) is 13.9. The average molecular weight is 288 g/mol. The first-order valence-corrected chi connectivity index (χ1v) is 7.92. The first kappa shape index (κ1) is 13.5. The van der Waals surface area contributed by atoms with E-state index in [9.17, 15) is 0 Å². The molecule has 1 saturated heterocycles.